The second kappa shape index (κ2) is 4.37. The lowest BCUT2D eigenvalue weighted by atomic mass is 9.66. The Hall–Kier alpha value is -0.960. The first-order valence-corrected chi connectivity index (χ1v) is 6.46. The summed E-state index contributed by atoms with van der Waals surface area (Å²) >= 11 is 0. The topological polar surface area (TPSA) is 51.8 Å². The summed E-state index contributed by atoms with van der Waals surface area (Å²) in [5.41, 5.74) is 7.79. The predicted octanol–water partition coefficient (Wildman–Crippen LogP) is 2.87. The standard InChI is InChI=1S/C14H23N3/c1-13(2,3)11-4-6-14(15,7-5-11)12-8-16-10-17-9-12/h8-11H,4-7,15H2,1-3H3. The maximum absolute atomic E-state index is 6.51. The summed E-state index contributed by atoms with van der Waals surface area (Å²) in [5.74, 6) is 0.781. The molecule has 0 atom stereocenters. The first-order valence-electron chi connectivity index (χ1n) is 6.46. The number of rotatable bonds is 1. The van der Waals surface area contributed by atoms with Crippen LogP contribution in [0.15, 0.2) is 18.7 Å². The van der Waals surface area contributed by atoms with Gasteiger partial charge in [-0.2, -0.15) is 0 Å². The van der Waals surface area contributed by atoms with Crippen molar-refractivity contribution in [3.05, 3.63) is 24.3 Å². The molecule has 2 rings (SSSR count). The van der Waals surface area contributed by atoms with E-state index in [-0.39, 0.29) is 5.54 Å². The third kappa shape index (κ3) is 2.65. The molecule has 2 N–H and O–H groups in total. The van der Waals surface area contributed by atoms with E-state index in [1.165, 1.54) is 12.8 Å². The monoisotopic (exact) mass is 233 g/mol. The predicted molar refractivity (Wildman–Crippen MR) is 69.3 cm³/mol. The molecule has 1 aromatic heterocycles. The van der Waals surface area contributed by atoms with Crippen LogP contribution in [0.1, 0.15) is 52.0 Å². The van der Waals surface area contributed by atoms with E-state index in [0.29, 0.717) is 5.41 Å². The van der Waals surface area contributed by atoms with E-state index >= 15 is 0 Å². The molecule has 1 aromatic rings. The Morgan fingerprint density at radius 2 is 1.71 bits per heavy atom. The Labute approximate surface area is 104 Å². The molecule has 94 valence electrons. The van der Waals surface area contributed by atoms with Crippen LogP contribution >= 0.6 is 0 Å². The highest BCUT2D eigenvalue weighted by molar-refractivity contribution is 5.17. The molecule has 3 nitrogen and oxygen atoms in total. The highest BCUT2D eigenvalue weighted by Crippen LogP contribution is 2.43. The fourth-order valence-corrected chi connectivity index (χ4v) is 2.84. The molecule has 1 saturated carbocycles. The molecule has 0 aliphatic heterocycles. The Morgan fingerprint density at radius 1 is 1.18 bits per heavy atom. The first-order chi connectivity index (χ1) is 7.92. The van der Waals surface area contributed by atoms with E-state index in [1.807, 2.05) is 12.4 Å². The zero-order valence-corrected chi connectivity index (χ0v) is 11.1. The Morgan fingerprint density at radius 3 is 2.18 bits per heavy atom. The summed E-state index contributed by atoms with van der Waals surface area (Å²) in [6, 6.07) is 0. The molecule has 1 aliphatic rings. The van der Waals surface area contributed by atoms with Gasteiger partial charge in [0.05, 0.1) is 0 Å². The second-order valence-corrected chi connectivity index (χ2v) is 6.42. The van der Waals surface area contributed by atoms with Crippen molar-refractivity contribution in [1.82, 2.24) is 9.97 Å². The fraction of sp³-hybridized carbons (Fsp3) is 0.714. The van der Waals surface area contributed by atoms with Gasteiger partial charge in [-0.25, -0.2) is 9.97 Å². The summed E-state index contributed by atoms with van der Waals surface area (Å²) in [7, 11) is 0. The third-order valence-electron chi connectivity index (χ3n) is 4.24. The van der Waals surface area contributed by atoms with Crippen molar-refractivity contribution in [2.24, 2.45) is 17.1 Å². The van der Waals surface area contributed by atoms with Gasteiger partial charge in [0.1, 0.15) is 6.33 Å². The van der Waals surface area contributed by atoms with Gasteiger partial charge in [-0.05, 0) is 37.0 Å². The molecule has 0 amide bonds. The van der Waals surface area contributed by atoms with Crippen LogP contribution < -0.4 is 5.73 Å². The number of nitrogens with two attached hydrogens (primary N) is 1. The van der Waals surface area contributed by atoms with Crippen LogP contribution in [0.5, 0.6) is 0 Å². The summed E-state index contributed by atoms with van der Waals surface area (Å²) in [6.45, 7) is 6.98. The van der Waals surface area contributed by atoms with E-state index in [1.54, 1.807) is 6.33 Å². The summed E-state index contributed by atoms with van der Waals surface area (Å²) in [4.78, 5) is 8.16. The van der Waals surface area contributed by atoms with Gasteiger partial charge in [-0.15, -0.1) is 0 Å². The molecule has 0 aromatic carbocycles. The average molecular weight is 233 g/mol. The molecule has 0 radical (unpaired) electrons. The smallest absolute Gasteiger partial charge is 0.115 e. The Bertz CT molecular complexity index is 359. The number of hydrogen-bond donors (Lipinski definition) is 1. The van der Waals surface area contributed by atoms with Crippen molar-refractivity contribution in [2.75, 3.05) is 0 Å². The number of hydrogen-bond acceptors (Lipinski definition) is 3. The van der Waals surface area contributed by atoms with Crippen LogP contribution in [0.3, 0.4) is 0 Å². The summed E-state index contributed by atoms with van der Waals surface area (Å²) < 4.78 is 0. The van der Waals surface area contributed by atoms with Crippen LogP contribution in [0.2, 0.25) is 0 Å². The van der Waals surface area contributed by atoms with Gasteiger partial charge in [0.2, 0.25) is 0 Å². The Kier molecular flexibility index (Phi) is 3.21. The molecule has 0 bridgehead atoms. The van der Waals surface area contributed by atoms with Crippen LogP contribution in [-0.2, 0) is 5.54 Å². The summed E-state index contributed by atoms with van der Waals surface area (Å²) in [6.07, 6.45) is 9.79. The molecule has 3 heteroatoms. The molecular formula is C14H23N3. The van der Waals surface area contributed by atoms with Crippen LogP contribution in [0.4, 0.5) is 0 Å². The van der Waals surface area contributed by atoms with Crippen molar-refractivity contribution in [3.63, 3.8) is 0 Å². The molecule has 1 fully saturated rings. The number of aromatic nitrogens is 2. The lowest BCUT2D eigenvalue weighted by Gasteiger charge is -2.42. The largest absolute Gasteiger partial charge is 0.321 e. The van der Waals surface area contributed by atoms with Gasteiger partial charge in [-0.3, -0.25) is 0 Å². The SMILES string of the molecule is CC(C)(C)C1CCC(N)(c2cncnc2)CC1. The van der Waals surface area contributed by atoms with E-state index in [4.69, 9.17) is 5.73 Å². The lowest BCUT2D eigenvalue weighted by Crippen LogP contribution is -2.42. The zero-order valence-electron chi connectivity index (χ0n) is 11.1. The minimum atomic E-state index is -0.205. The quantitative estimate of drug-likeness (QED) is 0.811. The van der Waals surface area contributed by atoms with E-state index in [9.17, 15) is 0 Å². The average Bonchev–Trinajstić information content (AvgIpc) is 2.29. The van der Waals surface area contributed by atoms with Crippen LogP contribution in [-0.4, -0.2) is 9.97 Å². The van der Waals surface area contributed by atoms with Crippen LogP contribution in [0.25, 0.3) is 0 Å². The number of nitrogens with zero attached hydrogens (tertiary/aromatic N) is 2. The second-order valence-electron chi connectivity index (χ2n) is 6.42. The highest BCUT2D eigenvalue weighted by Gasteiger charge is 2.37. The fourth-order valence-electron chi connectivity index (χ4n) is 2.84. The normalized spacial score (nSPS) is 30.2. The maximum Gasteiger partial charge on any atom is 0.115 e. The molecular weight excluding hydrogens is 210 g/mol. The van der Waals surface area contributed by atoms with Gasteiger partial charge in [-0.1, -0.05) is 20.8 Å². The van der Waals surface area contributed by atoms with Crippen LogP contribution in [0, 0.1) is 11.3 Å². The van der Waals surface area contributed by atoms with E-state index in [0.717, 1.165) is 24.3 Å². The molecule has 0 unspecified atom stereocenters. The van der Waals surface area contributed by atoms with Gasteiger partial charge in [0, 0.05) is 23.5 Å². The van der Waals surface area contributed by atoms with Crippen molar-refractivity contribution in [2.45, 2.75) is 52.0 Å². The molecule has 1 heterocycles. The van der Waals surface area contributed by atoms with Gasteiger partial charge in [0.25, 0.3) is 0 Å². The van der Waals surface area contributed by atoms with Crippen molar-refractivity contribution in [3.8, 4) is 0 Å². The van der Waals surface area contributed by atoms with Gasteiger partial charge < -0.3 is 5.73 Å². The van der Waals surface area contributed by atoms with Gasteiger partial charge in [0.15, 0.2) is 0 Å². The zero-order chi connectivity index (χ0) is 12.5. The van der Waals surface area contributed by atoms with Crippen molar-refractivity contribution < 1.29 is 0 Å². The summed E-state index contributed by atoms with van der Waals surface area (Å²) in [5, 5.41) is 0. The molecule has 0 saturated heterocycles. The van der Waals surface area contributed by atoms with Crippen molar-refractivity contribution in [1.29, 1.82) is 0 Å². The maximum atomic E-state index is 6.51. The first kappa shape index (κ1) is 12.5. The molecule has 0 spiro atoms. The minimum Gasteiger partial charge on any atom is -0.321 e. The van der Waals surface area contributed by atoms with E-state index in [2.05, 4.69) is 30.7 Å². The third-order valence-corrected chi connectivity index (χ3v) is 4.24. The van der Waals surface area contributed by atoms with Crippen molar-refractivity contribution >= 4 is 0 Å². The minimum absolute atomic E-state index is 0.205. The lowest BCUT2D eigenvalue weighted by molar-refractivity contribution is 0.133. The highest BCUT2D eigenvalue weighted by atomic mass is 14.8. The Balaban J connectivity index is 2.08. The van der Waals surface area contributed by atoms with Gasteiger partial charge >= 0.3 is 0 Å². The van der Waals surface area contributed by atoms with E-state index < -0.39 is 0 Å². The molecule has 17 heavy (non-hydrogen) atoms. The molecule has 1 aliphatic carbocycles.